The van der Waals surface area contributed by atoms with Gasteiger partial charge in [0.05, 0.1) is 31.6 Å². The Balaban J connectivity index is 1.25. The lowest BCUT2D eigenvalue weighted by molar-refractivity contribution is -0.118. The fraction of sp³-hybridized carbons (Fsp3) is 0.394. The van der Waals surface area contributed by atoms with E-state index in [0.717, 1.165) is 82.6 Å². The summed E-state index contributed by atoms with van der Waals surface area (Å²) in [5, 5.41) is 5.99. The molecule has 228 valence electrons. The van der Waals surface area contributed by atoms with Crippen molar-refractivity contribution >= 4 is 28.9 Å². The second-order valence-corrected chi connectivity index (χ2v) is 10.6. The van der Waals surface area contributed by atoms with Crippen molar-refractivity contribution in [2.45, 2.75) is 6.42 Å². The van der Waals surface area contributed by atoms with E-state index >= 15 is 0 Å². The summed E-state index contributed by atoms with van der Waals surface area (Å²) in [5.41, 5.74) is 3.01. The first-order chi connectivity index (χ1) is 21.1. The Hall–Kier alpha value is -4.28. The number of nitrogens with one attached hydrogen (secondary N) is 2. The number of anilines is 3. The number of piperazine rings is 1. The van der Waals surface area contributed by atoms with Crippen molar-refractivity contribution in [2.24, 2.45) is 0 Å². The standard InChI is InChI=1S/C33H41N5O5/c1-41-31-11-6-5-10-30(31)38-18-16-37(17-19-38)29-13-12-26(35-32(39)25-43-27-8-3-2-4-9-27)24-28(29)33(40)34-14-7-15-36-20-22-42-23-21-36/h2-6,8-13,24H,7,14-23,25H2,1H3,(H,34,40)(H,35,39). The molecule has 5 rings (SSSR count). The van der Waals surface area contributed by atoms with Gasteiger partial charge < -0.3 is 34.6 Å². The molecule has 2 aliphatic heterocycles. The lowest BCUT2D eigenvalue weighted by Gasteiger charge is -2.38. The van der Waals surface area contributed by atoms with Gasteiger partial charge in [0.2, 0.25) is 0 Å². The minimum atomic E-state index is -0.293. The predicted molar refractivity (Wildman–Crippen MR) is 169 cm³/mol. The van der Waals surface area contributed by atoms with Crippen molar-refractivity contribution < 1.29 is 23.8 Å². The normalized spacial score (nSPS) is 15.6. The largest absolute Gasteiger partial charge is 0.495 e. The number of morpholine rings is 1. The first-order valence-electron chi connectivity index (χ1n) is 14.9. The molecule has 0 unspecified atom stereocenters. The number of para-hydroxylation sites is 3. The number of hydrogen-bond acceptors (Lipinski definition) is 8. The minimum absolute atomic E-state index is 0.125. The van der Waals surface area contributed by atoms with Gasteiger partial charge in [-0.15, -0.1) is 0 Å². The molecule has 2 aliphatic rings. The highest BCUT2D eigenvalue weighted by atomic mass is 16.5. The number of amides is 2. The molecule has 3 aromatic carbocycles. The van der Waals surface area contributed by atoms with E-state index in [-0.39, 0.29) is 18.4 Å². The molecular weight excluding hydrogens is 546 g/mol. The van der Waals surface area contributed by atoms with Crippen molar-refractivity contribution in [1.82, 2.24) is 10.2 Å². The Morgan fingerprint density at radius 2 is 1.53 bits per heavy atom. The fourth-order valence-corrected chi connectivity index (χ4v) is 5.44. The molecule has 2 saturated heterocycles. The predicted octanol–water partition coefficient (Wildman–Crippen LogP) is 3.49. The molecule has 0 saturated carbocycles. The van der Waals surface area contributed by atoms with E-state index in [1.165, 1.54) is 0 Å². The smallest absolute Gasteiger partial charge is 0.262 e. The number of methoxy groups -OCH3 is 1. The van der Waals surface area contributed by atoms with Crippen LogP contribution in [0.15, 0.2) is 72.8 Å². The average molecular weight is 588 g/mol. The third-order valence-electron chi connectivity index (χ3n) is 7.72. The molecule has 3 aromatic rings. The van der Waals surface area contributed by atoms with Crippen molar-refractivity contribution in [3.63, 3.8) is 0 Å². The van der Waals surface area contributed by atoms with Gasteiger partial charge in [-0.25, -0.2) is 0 Å². The summed E-state index contributed by atoms with van der Waals surface area (Å²) in [7, 11) is 1.69. The monoisotopic (exact) mass is 587 g/mol. The molecule has 0 spiro atoms. The van der Waals surface area contributed by atoms with Gasteiger partial charge in [-0.05, 0) is 55.4 Å². The van der Waals surface area contributed by atoms with Gasteiger partial charge in [-0.1, -0.05) is 30.3 Å². The number of hydrogen-bond donors (Lipinski definition) is 2. The first-order valence-corrected chi connectivity index (χ1v) is 14.9. The van der Waals surface area contributed by atoms with Crippen molar-refractivity contribution in [1.29, 1.82) is 0 Å². The summed E-state index contributed by atoms with van der Waals surface area (Å²) >= 11 is 0. The fourth-order valence-electron chi connectivity index (χ4n) is 5.44. The number of carbonyl (C=O) groups excluding carboxylic acids is 2. The minimum Gasteiger partial charge on any atom is -0.495 e. The summed E-state index contributed by atoms with van der Waals surface area (Å²) in [6.45, 7) is 7.79. The van der Waals surface area contributed by atoms with Crippen molar-refractivity contribution in [3.05, 3.63) is 78.4 Å². The maximum atomic E-state index is 13.5. The third-order valence-corrected chi connectivity index (χ3v) is 7.72. The van der Waals surface area contributed by atoms with Crippen LogP contribution in [0.25, 0.3) is 0 Å². The van der Waals surface area contributed by atoms with Crippen LogP contribution in [0.5, 0.6) is 11.5 Å². The molecular formula is C33H41N5O5. The Morgan fingerprint density at radius 3 is 2.28 bits per heavy atom. The van der Waals surface area contributed by atoms with E-state index in [4.69, 9.17) is 14.2 Å². The van der Waals surface area contributed by atoms with Crippen LogP contribution in [-0.2, 0) is 9.53 Å². The summed E-state index contributed by atoms with van der Waals surface area (Å²) in [6, 6.07) is 22.8. The van der Waals surface area contributed by atoms with Crippen molar-refractivity contribution in [2.75, 3.05) is 94.4 Å². The van der Waals surface area contributed by atoms with Crippen LogP contribution < -0.4 is 29.9 Å². The number of ether oxygens (including phenoxy) is 3. The van der Waals surface area contributed by atoms with Crippen LogP contribution in [-0.4, -0.2) is 96.0 Å². The number of carbonyl (C=O) groups is 2. The summed E-state index contributed by atoms with van der Waals surface area (Å²) < 4.78 is 16.6. The zero-order valence-corrected chi connectivity index (χ0v) is 24.8. The van der Waals surface area contributed by atoms with E-state index < -0.39 is 0 Å². The maximum Gasteiger partial charge on any atom is 0.262 e. The summed E-state index contributed by atoms with van der Waals surface area (Å²) in [5.74, 6) is 1.03. The van der Waals surface area contributed by atoms with E-state index in [1.807, 2.05) is 48.5 Å². The van der Waals surface area contributed by atoms with Gasteiger partial charge in [-0.3, -0.25) is 14.5 Å². The van der Waals surface area contributed by atoms with Crippen LogP contribution in [0.2, 0.25) is 0 Å². The lowest BCUT2D eigenvalue weighted by Crippen LogP contribution is -2.47. The average Bonchev–Trinajstić information content (AvgIpc) is 3.06. The summed E-state index contributed by atoms with van der Waals surface area (Å²) in [6.07, 6.45) is 0.853. The second-order valence-electron chi connectivity index (χ2n) is 10.6. The van der Waals surface area contributed by atoms with E-state index in [1.54, 1.807) is 25.3 Å². The Labute approximate surface area is 253 Å². The third kappa shape index (κ3) is 8.39. The molecule has 10 heteroatoms. The van der Waals surface area contributed by atoms with Gasteiger partial charge in [-0.2, -0.15) is 0 Å². The molecule has 10 nitrogen and oxygen atoms in total. The zero-order chi connectivity index (χ0) is 29.9. The van der Waals surface area contributed by atoms with E-state index in [2.05, 4.69) is 31.4 Å². The molecule has 0 aromatic heterocycles. The van der Waals surface area contributed by atoms with E-state index in [9.17, 15) is 9.59 Å². The van der Waals surface area contributed by atoms with Crippen molar-refractivity contribution in [3.8, 4) is 11.5 Å². The molecule has 0 atom stereocenters. The number of rotatable bonds is 12. The lowest BCUT2D eigenvalue weighted by atomic mass is 10.1. The van der Waals surface area contributed by atoms with Crippen LogP contribution in [0.3, 0.4) is 0 Å². The zero-order valence-electron chi connectivity index (χ0n) is 24.8. The van der Waals surface area contributed by atoms with Crippen LogP contribution in [0.1, 0.15) is 16.8 Å². The molecule has 2 heterocycles. The molecule has 0 aliphatic carbocycles. The Bertz CT molecular complexity index is 1340. The highest BCUT2D eigenvalue weighted by Crippen LogP contribution is 2.31. The molecule has 0 radical (unpaired) electrons. The van der Waals surface area contributed by atoms with Gasteiger partial charge in [0.1, 0.15) is 11.5 Å². The second kappa shape index (κ2) is 15.3. The molecule has 2 fully saturated rings. The van der Waals surface area contributed by atoms with Crippen LogP contribution in [0, 0.1) is 0 Å². The first kappa shape index (κ1) is 30.2. The molecule has 2 amide bonds. The molecule has 43 heavy (non-hydrogen) atoms. The highest BCUT2D eigenvalue weighted by Gasteiger charge is 2.24. The maximum absolute atomic E-state index is 13.5. The van der Waals surface area contributed by atoms with Gasteiger partial charge in [0.25, 0.3) is 11.8 Å². The molecule has 0 bridgehead atoms. The highest BCUT2D eigenvalue weighted by molar-refractivity contribution is 6.02. The van der Waals surface area contributed by atoms with Gasteiger partial charge in [0, 0.05) is 57.2 Å². The quantitative estimate of drug-likeness (QED) is 0.311. The SMILES string of the molecule is COc1ccccc1N1CCN(c2ccc(NC(=O)COc3ccccc3)cc2C(=O)NCCCN2CCOCC2)CC1. The Kier molecular flexibility index (Phi) is 10.7. The van der Waals surface area contributed by atoms with Crippen LogP contribution >= 0.6 is 0 Å². The topological polar surface area (TPSA) is 95.6 Å². The van der Waals surface area contributed by atoms with Gasteiger partial charge >= 0.3 is 0 Å². The van der Waals surface area contributed by atoms with Crippen LogP contribution in [0.4, 0.5) is 17.1 Å². The molecule has 2 N–H and O–H groups in total. The number of benzene rings is 3. The van der Waals surface area contributed by atoms with Gasteiger partial charge in [0.15, 0.2) is 6.61 Å². The summed E-state index contributed by atoms with van der Waals surface area (Å²) in [4.78, 5) is 33.1. The Morgan fingerprint density at radius 1 is 0.837 bits per heavy atom. The van der Waals surface area contributed by atoms with E-state index in [0.29, 0.717) is 23.5 Å². The number of nitrogens with zero attached hydrogens (tertiary/aromatic N) is 3.